The Labute approximate surface area is 167 Å². The van der Waals surface area contributed by atoms with Gasteiger partial charge in [0.25, 0.3) is 5.91 Å². The smallest absolute Gasteiger partial charge is 0.270 e. The summed E-state index contributed by atoms with van der Waals surface area (Å²) < 4.78 is 0.327. The third-order valence-electron chi connectivity index (χ3n) is 3.98. The summed E-state index contributed by atoms with van der Waals surface area (Å²) in [6.45, 7) is 3.70. The first-order chi connectivity index (χ1) is 12.9. The molecule has 2 N–H and O–H groups in total. The maximum absolute atomic E-state index is 12.9. The van der Waals surface area contributed by atoms with Crippen molar-refractivity contribution in [3.05, 3.63) is 58.5 Å². The van der Waals surface area contributed by atoms with Gasteiger partial charge in [-0.25, -0.2) is 0 Å². The zero-order valence-corrected chi connectivity index (χ0v) is 16.5. The average Bonchev–Trinajstić information content (AvgIpc) is 2.90. The van der Waals surface area contributed by atoms with Crippen LogP contribution in [-0.4, -0.2) is 21.2 Å². The van der Waals surface area contributed by atoms with E-state index in [0.29, 0.717) is 9.23 Å². The average molecular weight is 399 g/mol. The molecule has 5 nitrogen and oxygen atoms in total. The van der Waals surface area contributed by atoms with E-state index in [4.69, 9.17) is 12.2 Å². The van der Waals surface area contributed by atoms with Gasteiger partial charge in [0.1, 0.15) is 0 Å². The molecule has 1 heterocycles. The number of hydrogen-bond acceptors (Lipinski definition) is 5. The summed E-state index contributed by atoms with van der Waals surface area (Å²) in [6, 6.07) is 12.6. The van der Waals surface area contributed by atoms with Gasteiger partial charge in [-0.2, -0.15) is 0 Å². The van der Waals surface area contributed by atoms with Crippen LogP contribution in [0, 0.1) is 6.92 Å². The Morgan fingerprint density at radius 2 is 2.04 bits per heavy atom. The fourth-order valence-corrected chi connectivity index (χ4v) is 3.92. The first kappa shape index (κ1) is 19.1. The van der Waals surface area contributed by atoms with Crippen LogP contribution in [0.2, 0.25) is 0 Å². The molecule has 1 fully saturated rings. The Morgan fingerprint density at radius 1 is 1.30 bits per heavy atom. The fourth-order valence-electron chi connectivity index (χ4n) is 2.64. The second-order valence-electron chi connectivity index (χ2n) is 6.01. The zero-order valence-electron chi connectivity index (χ0n) is 14.9. The first-order valence-corrected chi connectivity index (χ1v) is 9.59. The van der Waals surface area contributed by atoms with Crippen LogP contribution in [-0.2, 0) is 9.59 Å². The van der Waals surface area contributed by atoms with Crippen molar-refractivity contribution in [1.82, 2.24) is 0 Å². The van der Waals surface area contributed by atoms with Gasteiger partial charge in [-0.15, -0.1) is 0 Å². The Balaban J connectivity index is 1.94. The number of nitrogens with one attached hydrogen (secondary N) is 1. The number of thiocarbonyl (C=S) groups is 1. The highest BCUT2D eigenvalue weighted by molar-refractivity contribution is 8.27. The molecule has 0 unspecified atom stereocenters. The lowest BCUT2D eigenvalue weighted by Gasteiger charge is -2.18. The van der Waals surface area contributed by atoms with Crippen LogP contribution < -0.4 is 10.2 Å². The quantitative estimate of drug-likeness (QED) is 0.452. The maximum Gasteiger partial charge on any atom is 0.270 e. The minimum atomic E-state index is -0.305. The number of amides is 2. The van der Waals surface area contributed by atoms with E-state index in [9.17, 15) is 14.7 Å². The third kappa shape index (κ3) is 4.04. The van der Waals surface area contributed by atoms with Gasteiger partial charge in [0.2, 0.25) is 5.91 Å². The highest BCUT2D eigenvalue weighted by atomic mass is 32.2. The SMILES string of the molecule is CCC(=O)Nc1cccc(N2C(=O)/C(=C/c3cccc(C)c3)SC2=S)c1O. The Hall–Kier alpha value is -2.64. The van der Waals surface area contributed by atoms with Crippen molar-refractivity contribution >= 4 is 57.6 Å². The van der Waals surface area contributed by atoms with Crippen molar-refractivity contribution in [2.24, 2.45) is 0 Å². The second-order valence-corrected chi connectivity index (χ2v) is 7.68. The minimum absolute atomic E-state index is 0.188. The molecule has 0 saturated carbocycles. The number of anilines is 2. The van der Waals surface area contributed by atoms with E-state index in [1.807, 2.05) is 31.2 Å². The number of aryl methyl sites for hydroxylation is 1. The van der Waals surface area contributed by atoms with E-state index in [0.717, 1.165) is 11.1 Å². The van der Waals surface area contributed by atoms with E-state index < -0.39 is 0 Å². The van der Waals surface area contributed by atoms with Gasteiger partial charge in [0, 0.05) is 6.42 Å². The molecule has 2 aromatic carbocycles. The summed E-state index contributed by atoms with van der Waals surface area (Å²) in [5, 5.41) is 13.2. The van der Waals surface area contributed by atoms with Gasteiger partial charge in [0.05, 0.1) is 16.3 Å². The number of aromatic hydroxyl groups is 1. The van der Waals surface area contributed by atoms with Gasteiger partial charge in [-0.05, 0) is 30.7 Å². The molecular formula is C20H18N2O3S2. The molecule has 3 rings (SSSR count). The van der Waals surface area contributed by atoms with Crippen molar-refractivity contribution in [2.75, 3.05) is 10.2 Å². The second kappa shape index (κ2) is 7.94. The van der Waals surface area contributed by atoms with Crippen molar-refractivity contribution < 1.29 is 14.7 Å². The molecule has 2 amide bonds. The van der Waals surface area contributed by atoms with E-state index in [1.165, 1.54) is 16.7 Å². The van der Waals surface area contributed by atoms with Crippen molar-refractivity contribution in [2.45, 2.75) is 20.3 Å². The number of rotatable bonds is 4. The topological polar surface area (TPSA) is 69.6 Å². The summed E-state index contributed by atoms with van der Waals surface area (Å²) in [5.74, 6) is -0.722. The number of phenolic OH excluding ortho intramolecular Hbond substituents is 1. The van der Waals surface area contributed by atoms with Crippen molar-refractivity contribution in [3.8, 4) is 5.75 Å². The Bertz CT molecular complexity index is 969. The molecule has 0 atom stereocenters. The van der Waals surface area contributed by atoms with Crippen LogP contribution in [0.1, 0.15) is 24.5 Å². The number of phenols is 1. The molecule has 2 aromatic rings. The minimum Gasteiger partial charge on any atom is -0.504 e. The predicted molar refractivity (Wildman–Crippen MR) is 114 cm³/mol. The lowest BCUT2D eigenvalue weighted by atomic mass is 10.1. The first-order valence-electron chi connectivity index (χ1n) is 8.37. The lowest BCUT2D eigenvalue weighted by Crippen LogP contribution is -2.27. The van der Waals surface area contributed by atoms with Crippen LogP contribution >= 0.6 is 24.0 Å². The maximum atomic E-state index is 12.9. The fraction of sp³-hybridized carbons (Fsp3) is 0.150. The monoisotopic (exact) mass is 398 g/mol. The normalized spacial score (nSPS) is 15.5. The standard InChI is InChI=1S/C20H18N2O3S2/c1-3-17(23)21-14-8-5-9-15(18(14)24)22-19(25)16(27-20(22)26)11-13-7-4-6-12(2)10-13/h4-11,24H,3H2,1-2H3,(H,21,23)/b16-11-. The summed E-state index contributed by atoms with van der Waals surface area (Å²) in [7, 11) is 0. The van der Waals surface area contributed by atoms with E-state index in [-0.39, 0.29) is 35.4 Å². The predicted octanol–water partition coefficient (Wildman–Crippen LogP) is 4.45. The molecule has 138 valence electrons. The largest absolute Gasteiger partial charge is 0.504 e. The third-order valence-corrected chi connectivity index (χ3v) is 5.29. The molecule has 1 aliphatic heterocycles. The van der Waals surface area contributed by atoms with E-state index >= 15 is 0 Å². The van der Waals surface area contributed by atoms with Crippen molar-refractivity contribution in [1.29, 1.82) is 0 Å². The molecule has 27 heavy (non-hydrogen) atoms. The van der Waals surface area contributed by atoms with E-state index in [2.05, 4.69) is 5.32 Å². The van der Waals surface area contributed by atoms with Crippen LogP contribution in [0.15, 0.2) is 47.4 Å². The lowest BCUT2D eigenvalue weighted by molar-refractivity contribution is -0.116. The van der Waals surface area contributed by atoms with E-state index in [1.54, 1.807) is 31.2 Å². The van der Waals surface area contributed by atoms with Gasteiger partial charge < -0.3 is 10.4 Å². The number of carbonyl (C=O) groups excluding carboxylic acids is 2. The molecule has 0 aromatic heterocycles. The Kier molecular flexibility index (Phi) is 5.62. The number of hydrogen-bond donors (Lipinski definition) is 2. The molecule has 0 aliphatic carbocycles. The van der Waals surface area contributed by atoms with Crippen molar-refractivity contribution in [3.63, 3.8) is 0 Å². The number of para-hydroxylation sites is 1. The highest BCUT2D eigenvalue weighted by Crippen LogP contribution is 2.42. The zero-order chi connectivity index (χ0) is 19.6. The summed E-state index contributed by atoms with van der Waals surface area (Å²) in [4.78, 5) is 26.3. The van der Waals surface area contributed by atoms with Gasteiger partial charge in [-0.1, -0.05) is 66.8 Å². The molecule has 0 spiro atoms. The van der Waals surface area contributed by atoms with Gasteiger partial charge >= 0.3 is 0 Å². The van der Waals surface area contributed by atoms with Crippen LogP contribution in [0.5, 0.6) is 5.75 Å². The summed E-state index contributed by atoms with van der Waals surface area (Å²) in [6.07, 6.45) is 2.07. The summed E-state index contributed by atoms with van der Waals surface area (Å²) in [5.41, 5.74) is 2.50. The molecule has 0 radical (unpaired) electrons. The van der Waals surface area contributed by atoms with Gasteiger partial charge in [0.15, 0.2) is 10.1 Å². The van der Waals surface area contributed by atoms with Crippen LogP contribution in [0.3, 0.4) is 0 Å². The number of benzene rings is 2. The number of thioether (sulfide) groups is 1. The molecular weight excluding hydrogens is 380 g/mol. The molecule has 1 saturated heterocycles. The number of nitrogens with zero attached hydrogens (tertiary/aromatic N) is 1. The molecule has 0 bridgehead atoms. The van der Waals surface area contributed by atoms with Gasteiger partial charge in [-0.3, -0.25) is 14.5 Å². The molecule has 7 heteroatoms. The Morgan fingerprint density at radius 3 is 2.74 bits per heavy atom. The molecule has 1 aliphatic rings. The number of carbonyl (C=O) groups is 2. The van der Waals surface area contributed by atoms with Crippen LogP contribution in [0.4, 0.5) is 11.4 Å². The summed E-state index contributed by atoms with van der Waals surface area (Å²) >= 11 is 6.54. The van der Waals surface area contributed by atoms with Crippen LogP contribution in [0.25, 0.3) is 6.08 Å². The highest BCUT2D eigenvalue weighted by Gasteiger charge is 2.35.